The number of thiophene rings is 1. The highest BCUT2D eigenvalue weighted by atomic mass is 35.5. The average molecular weight is 286 g/mol. The molecule has 1 heterocycles. The molecule has 0 radical (unpaired) electrons. The van der Waals surface area contributed by atoms with E-state index in [9.17, 15) is 9.18 Å². The molecule has 2 N–H and O–H groups in total. The summed E-state index contributed by atoms with van der Waals surface area (Å²) in [6.07, 6.45) is 0. The molecule has 0 aliphatic rings. The predicted octanol–water partition coefficient (Wildman–Crippen LogP) is 3.85. The highest BCUT2D eigenvalue weighted by molar-refractivity contribution is 7.16. The summed E-state index contributed by atoms with van der Waals surface area (Å²) in [5.41, 5.74) is 0.196. The summed E-state index contributed by atoms with van der Waals surface area (Å²) < 4.78 is 14.1. The predicted molar refractivity (Wildman–Crippen MR) is 70.0 cm³/mol. The summed E-state index contributed by atoms with van der Waals surface area (Å²) in [6.45, 7) is 0.517. The minimum absolute atomic E-state index is 0.334. The van der Waals surface area contributed by atoms with Crippen molar-refractivity contribution in [3.63, 3.8) is 0 Å². The third kappa shape index (κ3) is 3.00. The first-order valence-corrected chi connectivity index (χ1v) is 6.26. The Kier molecular flexibility index (Phi) is 3.84. The maximum absolute atomic E-state index is 13.4. The number of carboxylic acids is 1. The van der Waals surface area contributed by atoms with Crippen LogP contribution in [0.3, 0.4) is 0 Å². The molecule has 0 aliphatic carbocycles. The van der Waals surface area contributed by atoms with Crippen LogP contribution in [-0.2, 0) is 6.54 Å². The van der Waals surface area contributed by atoms with Crippen LogP contribution in [0.1, 0.15) is 15.2 Å². The second-order valence-electron chi connectivity index (χ2n) is 3.56. The van der Waals surface area contributed by atoms with E-state index in [2.05, 4.69) is 5.32 Å². The molecular formula is C12H9ClFNO2S. The van der Waals surface area contributed by atoms with Gasteiger partial charge in [0.1, 0.15) is 5.82 Å². The first-order chi connectivity index (χ1) is 8.56. The summed E-state index contributed by atoms with van der Waals surface area (Å²) in [5, 5.41) is 11.7. The maximum Gasteiger partial charge on any atom is 0.338 e. The third-order valence-electron chi connectivity index (χ3n) is 2.30. The summed E-state index contributed by atoms with van der Waals surface area (Å²) in [7, 11) is 0. The second-order valence-corrected chi connectivity index (χ2v) is 5.36. The number of carboxylic acid groups (broad SMARTS) is 1. The Balaban J connectivity index is 2.06. The first-order valence-electron chi connectivity index (χ1n) is 5.07. The van der Waals surface area contributed by atoms with Crippen LogP contribution in [0.4, 0.5) is 10.1 Å². The minimum Gasteiger partial charge on any atom is -0.478 e. The van der Waals surface area contributed by atoms with Crippen molar-refractivity contribution in [1.29, 1.82) is 0 Å². The van der Waals surface area contributed by atoms with Crippen LogP contribution >= 0.6 is 22.9 Å². The number of anilines is 1. The molecule has 18 heavy (non-hydrogen) atoms. The molecule has 0 spiro atoms. The summed E-state index contributed by atoms with van der Waals surface area (Å²) >= 11 is 7.22. The Hall–Kier alpha value is -1.59. The van der Waals surface area contributed by atoms with Gasteiger partial charge >= 0.3 is 5.97 Å². The lowest BCUT2D eigenvalue weighted by Gasteiger charge is -2.06. The fraction of sp³-hybridized carbons (Fsp3) is 0.0833. The van der Waals surface area contributed by atoms with Gasteiger partial charge < -0.3 is 10.4 Å². The van der Waals surface area contributed by atoms with Gasteiger partial charge in [0.25, 0.3) is 0 Å². The van der Waals surface area contributed by atoms with Crippen LogP contribution in [0.25, 0.3) is 0 Å². The number of halogens is 2. The van der Waals surface area contributed by atoms with E-state index in [0.717, 1.165) is 4.88 Å². The van der Waals surface area contributed by atoms with Crippen molar-refractivity contribution >= 4 is 34.6 Å². The van der Waals surface area contributed by atoms with Crippen LogP contribution in [0, 0.1) is 5.82 Å². The standard InChI is InChI=1S/C12H9ClFNO2S/c13-11-4-2-8(18-11)6-15-7-1-3-9(12(16)17)10(14)5-7/h1-5,15H,6H2,(H,16,17). The van der Waals surface area contributed by atoms with Crippen molar-refractivity contribution in [2.45, 2.75) is 6.54 Å². The normalized spacial score (nSPS) is 10.3. The molecule has 2 rings (SSSR count). The van der Waals surface area contributed by atoms with E-state index in [4.69, 9.17) is 16.7 Å². The van der Waals surface area contributed by atoms with E-state index >= 15 is 0 Å². The molecule has 2 aromatic rings. The monoisotopic (exact) mass is 285 g/mol. The molecule has 0 unspecified atom stereocenters. The number of carbonyl (C=O) groups is 1. The van der Waals surface area contributed by atoms with E-state index in [1.54, 1.807) is 6.07 Å². The smallest absolute Gasteiger partial charge is 0.338 e. The Morgan fingerprint density at radius 1 is 1.39 bits per heavy atom. The van der Waals surface area contributed by atoms with E-state index in [-0.39, 0.29) is 5.56 Å². The highest BCUT2D eigenvalue weighted by Crippen LogP contribution is 2.22. The zero-order chi connectivity index (χ0) is 13.1. The molecule has 1 aromatic carbocycles. The average Bonchev–Trinajstić information content (AvgIpc) is 2.72. The van der Waals surface area contributed by atoms with Gasteiger partial charge in [0.05, 0.1) is 9.90 Å². The molecule has 3 nitrogen and oxygen atoms in total. The lowest BCUT2D eigenvalue weighted by atomic mass is 10.2. The molecule has 0 bridgehead atoms. The summed E-state index contributed by atoms with van der Waals surface area (Å²) in [4.78, 5) is 11.7. The number of aromatic carboxylic acids is 1. The zero-order valence-corrected chi connectivity index (χ0v) is 10.7. The van der Waals surface area contributed by atoms with Crippen LogP contribution in [0.5, 0.6) is 0 Å². The van der Waals surface area contributed by atoms with Gasteiger partial charge in [-0.15, -0.1) is 11.3 Å². The fourth-order valence-corrected chi connectivity index (χ4v) is 2.46. The van der Waals surface area contributed by atoms with Gasteiger partial charge in [0, 0.05) is 17.1 Å². The molecule has 6 heteroatoms. The Morgan fingerprint density at radius 3 is 2.72 bits per heavy atom. The Morgan fingerprint density at radius 2 is 2.17 bits per heavy atom. The summed E-state index contributed by atoms with van der Waals surface area (Å²) in [5.74, 6) is -2.03. The molecule has 0 fully saturated rings. The SMILES string of the molecule is O=C(O)c1ccc(NCc2ccc(Cl)s2)cc1F. The molecular weight excluding hydrogens is 277 g/mol. The van der Waals surface area contributed by atoms with E-state index in [1.165, 1.54) is 29.5 Å². The number of hydrogen-bond acceptors (Lipinski definition) is 3. The molecule has 0 saturated heterocycles. The Labute approximate surface area is 112 Å². The molecule has 1 aromatic heterocycles. The van der Waals surface area contributed by atoms with E-state index in [1.807, 2.05) is 6.07 Å². The summed E-state index contributed by atoms with van der Waals surface area (Å²) in [6, 6.07) is 7.60. The maximum atomic E-state index is 13.4. The molecule has 0 atom stereocenters. The van der Waals surface area contributed by atoms with Crippen LogP contribution in [0.2, 0.25) is 4.34 Å². The fourth-order valence-electron chi connectivity index (χ4n) is 1.43. The highest BCUT2D eigenvalue weighted by Gasteiger charge is 2.10. The van der Waals surface area contributed by atoms with Gasteiger partial charge in [0.2, 0.25) is 0 Å². The van der Waals surface area contributed by atoms with Crippen molar-refractivity contribution < 1.29 is 14.3 Å². The van der Waals surface area contributed by atoms with Gasteiger partial charge in [-0.3, -0.25) is 0 Å². The molecule has 0 saturated carbocycles. The van der Waals surface area contributed by atoms with Gasteiger partial charge in [-0.1, -0.05) is 11.6 Å². The number of nitrogens with one attached hydrogen (secondary N) is 1. The molecule has 0 amide bonds. The van der Waals surface area contributed by atoms with Gasteiger partial charge in [0.15, 0.2) is 0 Å². The van der Waals surface area contributed by atoms with Gasteiger partial charge in [-0.05, 0) is 30.3 Å². The largest absolute Gasteiger partial charge is 0.478 e. The zero-order valence-electron chi connectivity index (χ0n) is 9.11. The van der Waals surface area contributed by atoms with E-state index in [0.29, 0.717) is 16.6 Å². The lowest BCUT2D eigenvalue weighted by molar-refractivity contribution is 0.0692. The van der Waals surface area contributed by atoms with Gasteiger partial charge in [-0.2, -0.15) is 0 Å². The third-order valence-corrected chi connectivity index (χ3v) is 3.53. The lowest BCUT2D eigenvalue weighted by Crippen LogP contribution is -2.03. The van der Waals surface area contributed by atoms with Crippen LogP contribution in [-0.4, -0.2) is 11.1 Å². The van der Waals surface area contributed by atoms with Crippen LogP contribution < -0.4 is 5.32 Å². The van der Waals surface area contributed by atoms with Crippen molar-refractivity contribution in [2.75, 3.05) is 5.32 Å². The first kappa shape index (κ1) is 12.9. The minimum atomic E-state index is -1.27. The Bertz CT molecular complexity index is 585. The van der Waals surface area contributed by atoms with Gasteiger partial charge in [-0.25, -0.2) is 9.18 Å². The topological polar surface area (TPSA) is 49.3 Å². The molecule has 94 valence electrons. The molecule has 0 aliphatic heterocycles. The number of rotatable bonds is 4. The van der Waals surface area contributed by atoms with Crippen molar-refractivity contribution in [1.82, 2.24) is 0 Å². The number of hydrogen-bond donors (Lipinski definition) is 2. The van der Waals surface area contributed by atoms with E-state index < -0.39 is 11.8 Å². The van der Waals surface area contributed by atoms with Crippen molar-refractivity contribution in [2.24, 2.45) is 0 Å². The second kappa shape index (κ2) is 5.37. The van der Waals surface area contributed by atoms with Crippen molar-refractivity contribution in [3.8, 4) is 0 Å². The van der Waals surface area contributed by atoms with Crippen LogP contribution in [0.15, 0.2) is 30.3 Å². The van der Waals surface area contributed by atoms with Crippen molar-refractivity contribution in [3.05, 3.63) is 50.9 Å². The quantitative estimate of drug-likeness (QED) is 0.897. The number of benzene rings is 1.